The molecule has 3 heterocycles. The van der Waals surface area contributed by atoms with Crippen LogP contribution in [-0.2, 0) is 17.8 Å². The van der Waals surface area contributed by atoms with E-state index in [0.717, 1.165) is 38.2 Å². The Bertz CT molecular complexity index is 914. The average molecular weight is 456 g/mol. The van der Waals surface area contributed by atoms with E-state index in [4.69, 9.17) is 20.9 Å². The fourth-order valence-corrected chi connectivity index (χ4v) is 4.63. The van der Waals surface area contributed by atoms with Crippen LogP contribution >= 0.6 is 0 Å². The van der Waals surface area contributed by atoms with E-state index < -0.39 is 0 Å². The van der Waals surface area contributed by atoms with Crippen LogP contribution in [0.1, 0.15) is 43.7 Å². The molecule has 0 aliphatic carbocycles. The Morgan fingerprint density at radius 1 is 1.18 bits per heavy atom. The molecule has 1 unspecified atom stereocenters. The number of nitrogens with zero attached hydrogens (tertiary/aromatic N) is 4. The summed E-state index contributed by atoms with van der Waals surface area (Å²) in [6.07, 6.45) is 4.48. The van der Waals surface area contributed by atoms with Crippen LogP contribution in [0.15, 0.2) is 24.3 Å². The number of hydrogen-bond acceptors (Lipinski definition) is 9. The van der Waals surface area contributed by atoms with Crippen molar-refractivity contribution in [2.45, 2.75) is 51.8 Å². The molecule has 2 saturated heterocycles. The fraction of sp³-hybridized carbons (Fsp3) is 0.583. The normalized spacial score (nSPS) is 18.4. The SMILES string of the molecule is CNN(Cc1cccc(CN2CCCC2)c1)c1nc(OC(C)C2CCOCC2)nc(N)c1N. The number of ether oxygens (including phenoxy) is 2. The van der Waals surface area contributed by atoms with Crippen LogP contribution in [0, 0.1) is 5.92 Å². The third kappa shape index (κ3) is 6.04. The van der Waals surface area contributed by atoms with E-state index in [1.54, 1.807) is 0 Å². The van der Waals surface area contributed by atoms with Crippen molar-refractivity contribution < 1.29 is 9.47 Å². The van der Waals surface area contributed by atoms with Gasteiger partial charge in [0.25, 0.3) is 0 Å². The first kappa shape index (κ1) is 23.5. The molecule has 2 aliphatic rings. The summed E-state index contributed by atoms with van der Waals surface area (Å²) in [6.45, 7) is 7.50. The van der Waals surface area contributed by atoms with E-state index in [1.807, 2.05) is 19.0 Å². The molecule has 0 amide bonds. The summed E-state index contributed by atoms with van der Waals surface area (Å²) in [5, 5.41) is 1.88. The Hall–Kier alpha value is -2.62. The Balaban J connectivity index is 1.49. The number of nitrogens with one attached hydrogen (secondary N) is 1. The quantitative estimate of drug-likeness (QED) is 0.491. The van der Waals surface area contributed by atoms with Gasteiger partial charge in [0, 0.05) is 32.7 Å². The van der Waals surface area contributed by atoms with Crippen molar-refractivity contribution >= 4 is 17.3 Å². The van der Waals surface area contributed by atoms with Gasteiger partial charge in [-0.05, 0) is 56.8 Å². The highest BCUT2D eigenvalue weighted by Crippen LogP contribution is 2.29. The maximum absolute atomic E-state index is 6.28. The first-order valence-corrected chi connectivity index (χ1v) is 12.0. The largest absolute Gasteiger partial charge is 0.460 e. The topological polar surface area (TPSA) is 115 Å². The summed E-state index contributed by atoms with van der Waals surface area (Å²) < 4.78 is 11.6. The van der Waals surface area contributed by atoms with Crippen molar-refractivity contribution in [3.8, 4) is 6.01 Å². The van der Waals surface area contributed by atoms with Gasteiger partial charge in [0.1, 0.15) is 11.8 Å². The van der Waals surface area contributed by atoms with Crippen molar-refractivity contribution in [2.24, 2.45) is 5.92 Å². The standard InChI is InChI=1S/C24H37N7O2/c1-17(20-8-12-32-13-9-20)33-24-28-22(26)21(25)23(29-24)31(27-2)16-19-7-5-6-18(14-19)15-30-10-3-4-11-30/h5-7,14,17,20,27H,3-4,8-13,15-16,25H2,1-2H3,(H2,26,28,29). The number of anilines is 3. The number of rotatable bonds is 9. The molecule has 0 bridgehead atoms. The molecule has 2 aliphatic heterocycles. The summed E-state index contributed by atoms with van der Waals surface area (Å²) in [6, 6.07) is 8.90. The first-order chi connectivity index (χ1) is 16.0. The maximum Gasteiger partial charge on any atom is 0.320 e. The molecule has 0 spiro atoms. The lowest BCUT2D eigenvalue weighted by Gasteiger charge is -2.28. The Morgan fingerprint density at radius 3 is 2.64 bits per heavy atom. The predicted molar refractivity (Wildman–Crippen MR) is 131 cm³/mol. The molecule has 9 nitrogen and oxygen atoms in total. The molecule has 33 heavy (non-hydrogen) atoms. The van der Waals surface area contributed by atoms with E-state index in [0.29, 0.717) is 24.0 Å². The van der Waals surface area contributed by atoms with Crippen molar-refractivity contribution in [1.29, 1.82) is 0 Å². The minimum Gasteiger partial charge on any atom is -0.460 e. The smallest absolute Gasteiger partial charge is 0.320 e. The van der Waals surface area contributed by atoms with Crippen LogP contribution in [0.2, 0.25) is 0 Å². The van der Waals surface area contributed by atoms with Gasteiger partial charge in [-0.1, -0.05) is 24.3 Å². The molecule has 9 heteroatoms. The highest BCUT2D eigenvalue weighted by Gasteiger charge is 2.24. The zero-order valence-electron chi connectivity index (χ0n) is 19.8. The summed E-state index contributed by atoms with van der Waals surface area (Å²) >= 11 is 0. The Kier molecular flexibility index (Phi) is 7.85. The minimum absolute atomic E-state index is 0.0323. The Morgan fingerprint density at radius 2 is 1.91 bits per heavy atom. The molecule has 180 valence electrons. The highest BCUT2D eigenvalue weighted by molar-refractivity contribution is 5.73. The number of nitrogen functional groups attached to an aromatic ring is 2. The third-order valence-electron chi connectivity index (χ3n) is 6.62. The lowest BCUT2D eigenvalue weighted by molar-refractivity contribution is 0.0211. The van der Waals surface area contributed by atoms with Gasteiger partial charge in [0.05, 0.1) is 6.54 Å². The number of hydrogen-bond donors (Lipinski definition) is 3. The molecule has 2 aromatic rings. The van der Waals surface area contributed by atoms with Crippen molar-refractivity contribution in [2.75, 3.05) is 49.8 Å². The van der Waals surface area contributed by atoms with Crippen molar-refractivity contribution in [3.63, 3.8) is 0 Å². The van der Waals surface area contributed by atoms with Crippen molar-refractivity contribution in [1.82, 2.24) is 20.3 Å². The van der Waals surface area contributed by atoms with Crippen LogP contribution in [-0.4, -0.2) is 54.3 Å². The third-order valence-corrected chi connectivity index (χ3v) is 6.62. The van der Waals surface area contributed by atoms with Gasteiger partial charge in [-0.3, -0.25) is 9.91 Å². The zero-order valence-corrected chi connectivity index (χ0v) is 19.8. The molecule has 1 atom stereocenters. The predicted octanol–water partition coefficient (Wildman–Crippen LogP) is 2.57. The van der Waals surface area contributed by atoms with Gasteiger partial charge in [-0.15, -0.1) is 0 Å². The Labute approximate surface area is 196 Å². The van der Waals surface area contributed by atoms with E-state index in [1.165, 1.54) is 31.5 Å². The lowest BCUT2D eigenvalue weighted by Crippen LogP contribution is -2.36. The van der Waals surface area contributed by atoms with Gasteiger partial charge in [-0.2, -0.15) is 9.97 Å². The van der Waals surface area contributed by atoms with E-state index >= 15 is 0 Å². The summed E-state index contributed by atoms with van der Waals surface area (Å²) in [5.74, 6) is 1.14. The molecule has 1 aromatic carbocycles. The van der Waals surface area contributed by atoms with Crippen LogP contribution in [0.5, 0.6) is 6.01 Å². The molecule has 5 N–H and O–H groups in total. The zero-order chi connectivity index (χ0) is 23.2. The first-order valence-electron chi connectivity index (χ1n) is 12.0. The van der Waals surface area contributed by atoms with Crippen LogP contribution in [0.25, 0.3) is 0 Å². The maximum atomic E-state index is 6.28. The van der Waals surface area contributed by atoms with Gasteiger partial charge in [-0.25, -0.2) is 5.43 Å². The average Bonchev–Trinajstić information content (AvgIpc) is 3.33. The molecule has 2 fully saturated rings. The highest BCUT2D eigenvalue weighted by atomic mass is 16.5. The monoisotopic (exact) mass is 455 g/mol. The van der Waals surface area contributed by atoms with E-state index in [2.05, 4.69) is 44.6 Å². The number of nitrogens with two attached hydrogens (primary N) is 2. The molecular weight excluding hydrogens is 418 g/mol. The molecular formula is C24H37N7O2. The van der Waals surface area contributed by atoms with E-state index in [9.17, 15) is 0 Å². The molecule has 4 rings (SSSR count). The minimum atomic E-state index is -0.0323. The van der Waals surface area contributed by atoms with E-state index in [-0.39, 0.29) is 17.9 Å². The number of hydrazine groups is 1. The number of aromatic nitrogens is 2. The van der Waals surface area contributed by atoms with Crippen molar-refractivity contribution in [3.05, 3.63) is 35.4 Å². The van der Waals surface area contributed by atoms with Gasteiger partial charge >= 0.3 is 6.01 Å². The molecule has 0 radical (unpaired) electrons. The molecule has 0 saturated carbocycles. The summed E-state index contributed by atoms with van der Waals surface area (Å²) in [4.78, 5) is 11.4. The van der Waals surface area contributed by atoms with Gasteiger partial charge < -0.3 is 20.9 Å². The lowest BCUT2D eigenvalue weighted by atomic mass is 9.95. The summed E-state index contributed by atoms with van der Waals surface area (Å²) in [7, 11) is 1.84. The second-order valence-electron chi connectivity index (χ2n) is 9.01. The second-order valence-corrected chi connectivity index (χ2v) is 9.01. The van der Waals surface area contributed by atoms with Crippen LogP contribution in [0.3, 0.4) is 0 Å². The second kappa shape index (κ2) is 11.0. The fourth-order valence-electron chi connectivity index (χ4n) is 4.63. The summed E-state index contributed by atoms with van der Waals surface area (Å²) in [5.41, 5.74) is 18.4. The van der Waals surface area contributed by atoms with Gasteiger partial charge in [0.2, 0.25) is 0 Å². The van der Waals surface area contributed by atoms with Crippen LogP contribution < -0.4 is 26.6 Å². The van der Waals surface area contributed by atoms with Crippen LogP contribution in [0.4, 0.5) is 17.3 Å². The number of benzene rings is 1. The number of likely N-dealkylation sites (tertiary alicyclic amines) is 1. The molecule has 1 aromatic heterocycles. The van der Waals surface area contributed by atoms with Gasteiger partial charge in [0.15, 0.2) is 11.6 Å².